The van der Waals surface area contributed by atoms with Crippen molar-refractivity contribution in [2.75, 3.05) is 0 Å². The Morgan fingerprint density at radius 2 is 1.84 bits per heavy atom. The highest BCUT2D eigenvalue weighted by molar-refractivity contribution is 5.25. The predicted molar refractivity (Wildman–Crippen MR) is 78.2 cm³/mol. The van der Waals surface area contributed by atoms with E-state index in [9.17, 15) is 5.11 Å². The highest BCUT2D eigenvalue weighted by Crippen LogP contribution is 2.21. The largest absolute Gasteiger partial charge is 0.392 e. The van der Waals surface area contributed by atoms with Gasteiger partial charge in [-0.3, -0.25) is 4.98 Å². The molecule has 0 radical (unpaired) electrons. The number of nitrogens with zero attached hydrogens (tertiary/aromatic N) is 1. The Morgan fingerprint density at radius 1 is 1.11 bits per heavy atom. The van der Waals surface area contributed by atoms with E-state index in [2.05, 4.69) is 30.1 Å². The van der Waals surface area contributed by atoms with Crippen LogP contribution in [-0.4, -0.2) is 16.2 Å². The minimum absolute atomic E-state index is 0.0743. The molecule has 1 N–H and O–H groups in total. The summed E-state index contributed by atoms with van der Waals surface area (Å²) in [6.45, 7) is 4.15. The average Bonchev–Trinajstić information content (AvgIpc) is 2.46. The first-order valence-electron chi connectivity index (χ1n) is 6.82. The fraction of sp³-hybridized carbons (Fsp3) is 0.353. The van der Waals surface area contributed by atoms with Gasteiger partial charge < -0.3 is 5.11 Å². The zero-order valence-electron chi connectivity index (χ0n) is 11.6. The van der Waals surface area contributed by atoms with Gasteiger partial charge in [-0.05, 0) is 43.0 Å². The van der Waals surface area contributed by atoms with Gasteiger partial charge in [0.25, 0.3) is 0 Å². The van der Waals surface area contributed by atoms with E-state index in [-0.39, 0.29) is 12.0 Å². The van der Waals surface area contributed by atoms with Gasteiger partial charge in [0.05, 0.1) is 6.10 Å². The Labute approximate surface area is 115 Å². The van der Waals surface area contributed by atoms with Gasteiger partial charge in [0.2, 0.25) is 0 Å². The van der Waals surface area contributed by atoms with E-state index < -0.39 is 0 Å². The van der Waals surface area contributed by atoms with E-state index in [4.69, 9.17) is 0 Å². The van der Waals surface area contributed by atoms with Crippen LogP contribution in [0, 0.1) is 6.92 Å². The van der Waals surface area contributed by atoms with Crippen LogP contribution in [0.5, 0.6) is 0 Å². The summed E-state index contributed by atoms with van der Waals surface area (Å²) in [5.41, 5.74) is 3.56. The average molecular weight is 255 g/mol. The van der Waals surface area contributed by atoms with E-state index in [1.54, 1.807) is 6.20 Å². The molecule has 0 aliphatic heterocycles. The minimum Gasteiger partial charge on any atom is -0.392 e. The first-order valence-corrected chi connectivity index (χ1v) is 6.82. The molecule has 0 amide bonds. The molecule has 2 atom stereocenters. The summed E-state index contributed by atoms with van der Waals surface area (Å²) in [6, 6.07) is 14.2. The second-order valence-electron chi connectivity index (χ2n) is 5.08. The second-order valence-corrected chi connectivity index (χ2v) is 5.08. The summed E-state index contributed by atoms with van der Waals surface area (Å²) in [5.74, 6) is 0.0743. The van der Waals surface area contributed by atoms with Crippen molar-refractivity contribution in [2.45, 2.75) is 38.7 Å². The summed E-state index contributed by atoms with van der Waals surface area (Å²) in [4.78, 5) is 4.31. The lowest BCUT2D eigenvalue weighted by molar-refractivity contribution is 0.138. The van der Waals surface area contributed by atoms with Crippen molar-refractivity contribution >= 4 is 0 Å². The molecule has 2 unspecified atom stereocenters. The summed E-state index contributed by atoms with van der Waals surface area (Å²) in [5, 5.41) is 10.3. The van der Waals surface area contributed by atoms with Crippen LogP contribution in [0.25, 0.3) is 0 Å². The van der Waals surface area contributed by atoms with Crippen LogP contribution in [0.3, 0.4) is 0 Å². The van der Waals surface area contributed by atoms with Crippen LogP contribution in [-0.2, 0) is 6.42 Å². The Kier molecular flexibility index (Phi) is 4.69. The van der Waals surface area contributed by atoms with Crippen molar-refractivity contribution in [2.24, 2.45) is 0 Å². The molecule has 1 heterocycles. The first kappa shape index (κ1) is 13.8. The van der Waals surface area contributed by atoms with Crippen LogP contribution >= 0.6 is 0 Å². The number of rotatable bonds is 5. The number of hydrogen-bond donors (Lipinski definition) is 1. The van der Waals surface area contributed by atoms with Gasteiger partial charge in [0.15, 0.2) is 0 Å². The molecule has 2 rings (SSSR count). The molecule has 0 aliphatic rings. The van der Waals surface area contributed by atoms with Gasteiger partial charge in [-0.25, -0.2) is 0 Å². The number of aromatic nitrogens is 1. The molecule has 0 saturated heterocycles. The van der Waals surface area contributed by atoms with Crippen molar-refractivity contribution in [3.8, 4) is 0 Å². The third-order valence-electron chi connectivity index (χ3n) is 3.70. The smallest absolute Gasteiger partial charge is 0.0624 e. The van der Waals surface area contributed by atoms with Gasteiger partial charge in [0, 0.05) is 17.8 Å². The zero-order chi connectivity index (χ0) is 13.7. The number of aryl methyl sites for hydroxylation is 2. The quantitative estimate of drug-likeness (QED) is 0.887. The number of benzene rings is 1. The van der Waals surface area contributed by atoms with Gasteiger partial charge in [0.1, 0.15) is 0 Å². The van der Waals surface area contributed by atoms with E-state index in [1.807, 2.05) is 31.2 Å². The monoisotopic (exact) mass is 255 g/mol. The molecule has 1 aromatic heterocycles. The molecular weight excluding hydrogens is 234 g/mol. The van der Waals surface area contributed by atoms with E-state index in [1.165, 1.54) is 11.1 Å². The fourth-order valence-electron chi connectivity index (χ4n) is 2.29. The van der Waals surface area contributed by atoms with Crippen LogP contribution < -0.4 is 0 Å². The van der Waals surface area contributed by atoms with E-state index in [0.717, 1.165) is 18.5 Å². The van der Waals surface area contributed by atoms with Crippen molar-refractivity contribution in [1.82, 2.24) is 4.98 Å². The molecule has 0 spiro atoms. The Balaban J connectivity index is 1.95. The minimum atomic E-state index is -0.352. The zero-order valence-corrected chi connectivity index (χ0v) is 11.6. The maximum absolute atomic E-state index is 10.3. The molecule has 1 aromatic carbocycles. The number of aliphatic hydroxyl groups excluding tert-OH is 1. The van der Waals surface area contributed by atoms with Crippen LogP contribution in [0.1, 0.15) is 36.1 Å². The first-order chi connectivity index (χ1) is 9.18. The van der Waals surface area contributed by atoms with Crippen LogP contribution in [0.15, 0.2) is 48.7 Å². The van der Waals surface area contributed by atoms with E-state index in [0.29, 0.717) is 0 Å². The highest BCUT2D eigenvalue weighted by Gasteiger charge is 2.17. The van der Waals surface area contributed by atoms with Crippen molar-refractivity contribution in [3.63, 3.8) is 0 Å². The fourth-order valence-corrected chi connectivity index (χ4v) is 2.29. The lowest BCUT2D eigenvalue weighted by Crippen LogP contribution is -2.17. The number of hydrogen-bond acceptors (Lipinski definition) is 2. The van der Waals surface area contributed by atoms with Gasteiger partial charge >= 0.3 is 0 Å². The molecular formula is C17H21NO. The maximum Gasteiger partial charge on any atom is 0.0624 e. The Bertz CT molecular complexity index is 510. The van der Waals surface area contributed by atoms with Gasteiger partial charge in [-0.15, -0.1) is 0 Å². The standard InChI is InChI=1S/C17H21NO/c1-13-7-3-4-8-15(13)10-11-17(19)14(2)16-9-5-6-12-18-16/h3-9,12,14,17,19H,10-11H2,1-2H3. The Hall–Kier alpha value is -1.67. The van der Waals surface area contributed by atoms with Crippen molar-refractivity contribution in [1.29, 1.82) is 0 Å². The Morgan fingerprint density at radius 3 is 2.53 bits per heavy atom. The van der Waals surface area contributed by atoms with Crippen molar-refractivity contribution < 1.29 is 5.11 Å². The molecule has 2 nitrogen and oxygen atoms in total. The van der Waals surface area contributed by atoms with Crippen molar-refractivity contribution in [3.05, 3.63) is 65.5 Å². The van der Waals surface area contributed by atoms with Gasteiger partial charge in [-0.2, -0.15) is 0 Å². The third kappa shape index (κ3) is 3.65. The lowest BCUT2D eigenvalue weighted by atomic mass is 9.93. The predicted octanol–water partition coefficient (Wildman–Crippen LogP) is 3.49. The summed E-state index contributed by atoms with van der Waals surface area (Å²) < 4.78 is 0. The number of aliphatic hydroxyl groups is 1. The highest BCUT2D eigenvalue weighted by atomic mass is 16.3. The second kappa shape index (κ2) is 6.48. The van der Waals surface area contributed by atoms with E-state index >= 15 is 0 Å². The molecule has 100 valence electrons. The van der Waals surface area contributed by atoms with Gasteiger partial charge in [-0.1, -0.05) is 37.3 Å². The molecule has 2 heteroatoms. The summed E-state index contributed by atoms with van der Waals surface area (Å²) >= 11 is 0. The summed E-state index contributed by atoms with van der Waals surface area (Å²) in [6.07, 6.45) is 3.10. The summed E-state index contributed by atoms with van der Waals surface area (Å²) in [7, 11) is 0. The molecule has 0 aliphatic carbocycles. The lowest BCUT2D eigenvalue weighted by Gasteiger charge is -2.18. The molecule has 19 heavy (non-hydrogen) atoms. The van der Waals surface area contributed by atoms with Crippen LogP contribution in [0.4, 0.5) is 0 Å². The molecule has 2 aromatic rings. The topological polar surface area (TPSA) is 33.1 Å². The maximum atomic E-state index is 10.3. The third-order valence-corrected chi connectivity index (χ3v) is 3.70. The SMILES string of the molecule is Cc1ccccc1CCC(O)C(C)c1ccccn1. The molecule has 0 fully saturated rings. The number of pyridine rings is 1. The molecule has 0 bridgehead atoms. The van der Waals surface area contributed by atoms with Crippen LogP contribution in [0.2, 0.25) is 0 Å². The molecule has 0 saturated carbocycles. The normalized spacial score (nSPS) is 14.1.